The molecule has 31 heavy (non-hydrogen) atoms. The molecule has 2 N–H and O–H groups in total. The van der Waals surface area contributed by atoms with Crippen LogP contribution in [0.2, 0.25) is 0 Å². The number of amides is 2. The molecule has 2 aromatic carbocycles. The van der Waals surface area contributed by atoms with Crippen LogP contribution in [0.1, 0.15) is 35.7 Å². The Hall–Kier alpha value is -3.06. The summed E-state index contributed by atoms with van der Waals surface area (Å²) < 4.78 is 13.0. The Morgan fingerprint density at radius 2 is 1.77 bits per heavy atom. The van der Waals surface area contributed by atoms with Crippen molar-refractivity contribution in [3.8, 4) is 0 Å². The first-order valence-corrected chi connectivity index (χ1v) is 10.5. The molecule has 0 radical (unpaired) electrons. The molecule has 0 unspecified atom stereocenters. The molecule has 0 spiro atoms. The average Bonchev–Trinajstić information content (AvgIpc) is 2.75. The lowest BCUT2D eigenvalue weighted by Crippen LogP contribution is -2.42. The third-order valence-electron chi connectivity index (χ3n) is 5.52. The third kappa shape index (κ3) is 7.29. The van der Waals surface area contributed by atoms with E-state index in [0.29, 0.717) is 23.7 Å². The number of nitrogens with zero attached hydrogens (tertiary/aromatic N) is 1. The van der Waals surface area contributed by atoms with Gasteiger partial charge in [0.15, 0.2) is 11.6 Å². The summed E-state index contributed by atoms with van der Waals surface area (Å²) in [4.78, 5) is 37.8. The van der Waals surface area contributed by atoms with Crippen LogP contribution in [0.25, 0.3) is 0 Å². The normalized spacial score (nSPS) is 14.8. The lowest BCUT2D eigenvalue weighted by molar-refractivity contribution is -0.119. The average molecular weight is 426 g/mol. The van der Waals surface area contributed by atoms with Crippen LogP contribution < -0.4 is 10.6 Å². The highest BCUT2D eigenvalue weighted by molar-refractivity contribution is 5.97. The van der Waals surface area contributed by atoms with Crippen molar-refractivity contribution in [1.29, 1.82) is 0 Å². The highest BCUT2D eigenvalue weighted by atomic mass is 19.1. The van der Waals surface area contributed by atoms with Crippen LogP contribution in [0.15, 0.2) is 48.5 Å². The molecular weight excluding hydrogens is 397 g/mol. The van der Waals surface area contributed by atoms with Gasteiger partial charge in [0.2, 0.25) is 0 Å². The molecule has 0 bridgehead atoms. The van der Waals surface area contributed by atoms with E-state index in [2.05, 4.69) is 15.5 Å². The van der Waals surface area contributed by atoms with E-state index in [-0.39, 0.29) is 23.9 Å². The van der Waals surface area contributed by atoms with Crippen LogP contribution in [0.3, 0.4) is 0 Å². The second-order valence-corrected chi connectivity index (χ2v) is 8.03. The first-order chi connectivity index (χ1) is 14.9. The Balaban J connectivity index is 1.35. The number of carbonyl (C=O) groups excluding carboxylic acids is 3. The van der Waals surface area contributed by atoms with E-state index in [0.717, 1.165) is 37.9 Å². The van der Waals surface area contributed by atoms with Crippen LogP contribution in [-0.4, -0.2) is 48.7 Å². The topological polar surface area (TPSA) is 78.5 Å². The number of Topliss-reactive ketones (excluding diaryl/α,β-unsaturated/α-hetero) is 2. The number of hydrogen-bond donors (Lipinski definition) is 2. The van der Waals surface area contributed by atoms with Gasteiger partial charge in [0, 0.05) is 11.3 Å². The SMILES string of the molecule is CC(=O)c1cccc(NC(=O)NCC(=O)CN2CCC(Cc3ccc(F)cc3)CC2)c1. The maximum Gasteiger partial charge on any atom is 0.319 e. The molecule has 1 aliphatic heterocycles. The van der Waals surface area contributed by atoms with Gasteiger partial charge >= 0.3 is 6.03 Å². The molecule has 1 saturated heterocycles. The molecule has 164 valence electrons. The van der Waals surface area contributed by atoms with Crippen molar-refractivity contribution in [2.24, 2.45) is 5.92 Å². The summed E-state index contributed by atoms with van der Waals surface area (Å²) >= 11 is 0. The monoisotopic (exact) mass is 425 g/mol. The molecule has 0 atom stereocenters. The smallest absolute Gasteiger partial charge is 0.319 e. The van der Waals surface area contributed by atoms with E-state index in [9.17, 15) is 18.8 Å². The number of nitrogens with one attached hydrogen (secondary N) is 2. The van der Waals surface area contributed by atoms with Gasteiger partial charge in [0.25, 0.3) is 0 Å². The van der Waals surface area contributed by atoms with E-state index in [4.69, 9.17) is 0 Å². The van der Waals surface area contributed by atoms with Crippen molar-refractivity contribution in [2.75, 3.05) is 31.5 Å². The number of halogens is 1. The molecule has 0 aromatic heterocycles. The molecule has 1 fully saturated rings. The highest BCUT2D eigenvalue weighted by Crippen LogP contribution is 2.21. The van der Waals surface area contributed by atoms with Gasteiger partial charge in [0.05, 0.1) is 13.1 Å². The van der Waals surface area contributed by atoms with Gasteiger partial charge in [-0.25, -0.2) is 9.18 Å². The van der Waals surface area contributed by atoms with Crippen LogP contribution in [0.5, 0.6) is 0 Å². The van der Waals surface area contributed by atoms with Crippen LogP contribution >= 0.6 is 0 Å². The van der Waals surface area contributed by atoms with Gasteiger partial charge in [-0.2, -0.15) is 0 Å². The lowest BCUT2D eigenvalue weighted by Gasteiger charge is -2.31. The Morgan fingerprint density at radius 3 is 2.45 bits per heavy atom. The van der Waals surface area contributed by atoms with Gasteiger partial charge in [0.1, 0.15) is 5.82 Å². The van der Waals surface area contributed by atoms with E-state index < -0.39 is 6.03 Å². The molecule has 1 heterocycles. The van der Waals surface area contributed by atoms with Crippen molar-refractivity contribution in [1.82, 2.24) is 10.2 Å². The molecule has 0 saturated carbocycles. The number of benzene rings is 2. The minimum Gasteiger partial charge on any atom is -0.331 e. The standard InChI is InChI=1S/C24H28FN3O3/c1-17(29)20-3-2-4-22(14-20)27-24(31)26-15-23(30)16-28-11-9-19(10-12-28)13-18-5-7-21(25)8-6-18/h2-8,14,19H,9-13,15-16H2,1H3,(H2,26,27,31). The zero-order valence-corrected chi connectivity index (χ0v) is 17.7. The summed E-state index contributed by atoms with van der Waals surface area (Å²) in [6.45, 7) is 3.39. The summed E-state index contributed by atoms with van der Waals surface area (Å²) in [6, 6.07) is 12.8. The van der Waals surface area contributed by atoms with E-state index >= 15 is 0 Å². The van der Waals surface area contributed by atoms with Gasteiger partial charge < -0.3 is 10.6 Å². The predicted octanol–water partition coefficient (Wildman–Crippen LogP) is 3.67. The van der Waals surface area contributed by atoms with Crippen LogP contribution in [-0.2, 0) is 11.2 Å². The van der Waals surface area contributed by atoms with Crippen molar-refractivity contribution >= 4 is 23.3 Å². The maximum atomic E-state index is 13.0. The summed E-state index contributed by atoms with van der Waals surface area (Å²) in [6.07, 6.45) is 2.91. The van der Waals surface area contributed by atoms with Gasteiger partial charge in [-0.3, -0.25) is 14.5 Å². The minimum absolute atomic E-state index is 0.0479. The Bertz CT molecular complexity index is 922. The fourth-order valence-corrected chi connectivity index (χ4v) is 3.78. The number of urea groups is 1. The van der Waals surface area contributed by atoms with E-state index in [1.165, 1.54) is 19.1 Å². The molecular formula is C24H28FN3O3. The number of piperidine rings is 1. The lowest BCUT2D eigenvalue weighted by atomic mass is 9.90. The Kier molecular flexibility index (Phi) is 7.89. The maximum absolute atomic E-state index is 13.0. The van der Waals surface area contributed by atoms with Gasteiger partial charge in [-0.05, 0) is 75.0 Å². The largest absolute Gasteiger partial charge is 0.331 e. The van der Waals surface area contributed by atoms with Gasteiger partial charge in [-0.1, -0.05) is 24.3 Å². The molecule has 6 nitrogen and oxygen atoms in total. The number of likely N-dealkylation sites (tertiary alicyclic amines) is 1. The number of ketones is 2. The van der Waals surface area contributed by atoms with Crippen LogP contribution in [0, 0.1) is 11.7 Å². The van der Waals surface area contributed by atoms with E-state index in [1.54, 1.807) is 24.3 Å². The van der Waals surface area contributed by atoms with Gasteiger partial charge in [-0.15, -0.1) is 0 Å². The summed E-state index contributed by atoms with van der Waals surface area (Å²) in [5.74, 6) is 0.181. The molecule has 2 amide bonds. The quantitative estimate of drug-likeness (QED) is 0.633. The second kappa shape index (κ2) is 10.8. The zero-order valence-electron chi connectivity index (χ0n) is 17.7. The molecule has 1 aliphatic rings. The van der Waals surface area contributed by atoms with E-state index in [1.807, 2.05) is 12.1 Å². The molecule has 3 rings (SSSR count). The summed E-state index contributed by atoms with van der Waals surface area (Å²) in [5.41, 5.74) is 2.15. The first-order valence-electron chi connectivity index (χ1n) is 10.5. The minimum atomic E-state index is -0.480. The molecule has 0 aliphatic carbocycles. The van der Waals surface area contributed by atoms with Crippen molar-refractivity contribution in [2.45, 2.75) is 26.2 Å². The Labute approximate surface area is 181 Å². The highest BCUT2D eigenvalue weighted by Gasteiger charge is 2.21. The third-order valence-corrected chi connectivity index (χ3v) is 5.52. The zero-order chi connectivity index (χ0) is 22.2. The number of hydrogen-bond acceptors (Lipinski definition) is 4. The fraction of sp³-hybridized carbons (Fsp3) is 0.375. The Morgan fingerprint density at radius 1 is 1.06 bits per heavy atom. The van der Waals surface area contributed by atoms with Crippen molar-refractivity contribution in [3.05, 3.63) is 65.5 Å². The summed E-state index contributed by atoms with van der Waals surface area (Å²) in [7, 11) is 0. The predicted molar refractivity (Wildman–Crippen MR) is 118 cm³/mol. The first kappa shape index (κ1) is 22.6. The van der Waals surface area contributed by atoms with Crippen molar-refractivity contribution in [3.63, 3.8) is 0 Å². The number of rotatable bonds is 8. The second-order valence-electron chi connectivity index (χ2n) is 8.03. The number of anilines is 1. The summed E-state index contributed by atoms with van der Waals surface area (Å²) in [5, 5.41) is 5.21. The van der Waals surface area contributed by atoms with Crippen molar-refractivity contribution < 1.29 is 18.8 Å². The number of carbonyl (C=O) groups is 3. The molecule has 2 aromatic rings. The molecule has 7 heteroatoms. The fourth-order valence-electron chi connectivity index (χ4n) is 3.78. The van der Waals surface area contributed by atoms with Crippen LogP contribution in [0.4, 0.5) is 14.9 Å².